The Bertz CT molecular complexity index is 94.3. The highest BCUT2D eigenvalue weighted by Crippen LogP contribution is 2.22. The van der Waals surface area contributed by atoms with Crippen LogP contribution in [0.1, 0.15) is 27.2 Å². The average molecular weight is 166 g/mol. The molecule has 3 heteroatoms. The molecule has 0 amide bonds. The number of halogens is 2. The van der Waals surface area contributed by atoms with Crippen molar-refractivity contribution in [2.75, 3.05) is 0 Å². The van der Waals surface area contributed by atoms with Crippen molar-refractivity contribution >= 4 is 0 Å². The van der Waals surface area contributed by atoms with Gasteiger partial charge in [0, 0.05) is 6.42 Å². The number of aliphatic hydroxyl groups excluding tert-OH is 1. The van der Waals surface area contributed by atoms with Crippen LogP contribution in [0.4, 0.5) is 8.78 Å². The van der Waals surface area contributed by atoms with Gasteiger partial charge in [-0.25, -0.2) is 8.78 Å². The molecular formula is C8H16F2O. The minimum absolute atomic E-state index is 0.115. The summed E-state index contributed by atoms with van der Waals surface area (Å²) in [7, 11) is 0. The third kappa shape index (κ3) is 4.30. The van der Waals surface area contributed by atoms with Crippen molar-refractivity contribution in [1.82, 2.24) is 0 Å². The van der Waals surface area contributed by atoms with Crippen molar-refractivity contribution in [3.8, 4) is 0 Å². The minimum atomic E-state index is -2.31. The van der Waals surface area contributed by atoms with Crippen LogP contribution in [0.3, 0.4) is 0 Å². The molecule has 1 nitrogen and oxygen atoms in total. The van der Waals surface area contributed by atoms with Crippen LogP contribution in [0.2, 0.25) is 0 Å². The summed E-state index contributed by atoms with van der Waals surface area (Å²) in [4.78, 5) is 0. The lowest BCUT2D eigenvalue weighted by Gasteiger charge is -2.22. The van der Waals surface area contributed by atoms with E-state index in [1.807, 2.05) is 13.8 Å². The van der Waals surface area contributed by atoms with Gasteiger partial charge in [0.15, 0.2) is 0 Å². The predicted molar refractivity (Wildman–Crippen MR) is 40.6 cm³/mol. The van der Waals surface area contributed by atoms with Crippen molar-refractivity contribution in [3.05, 3.63) is 0 Å². The highest BCUT2D eigenvalue weighted by Gasteiger charge is 2.22. The molecule has 0 saturated heterocycles. The van der Waals surface area contributed by atoms with Crippen LogP contribution < -0.4 is 0 Å². The van der Waals surface area contributed by atoms with Crippen molar-refractivity contribution in [1.29, 1.82) is 0 Å². The Kier molecular flexibility index (Phi) is 4.57. The molecule has 2 unspecified atom stereocenters. The number of hydrogen-bond donors (Lipinski definition) is 1. The van der Waals surface area contributed by atoms with E-state index >= 15 is 0 Å². The maximum Gasteiger partial charge on any atom is 0.239 e. The van der Waals surface area contributed by atoms with Gasteiger partial charge in [-0.2, -0.15) is 0 Å². The normalized spacial score (nSPS) is 17.5. The van der Waals surface area contributed by atoms with Crippen molar-refractivity contribution < 1.29 is 13.9 Å². The summed E-state index contributed by atoms with van der Waals surface area (Å²) in [5, 5.41) is 9.10. The summed E-state index contributed by atoms with van der Waals surface area (Å²) in [6.45, 7) is 5.26. The molecule has 0 aromatic rings. The Morgan fingerprint density at radius 2 is 1.64 bits per heavy atom. The second kappa shape index (κ2) is 4.65. The molecule has 11 heavy (non-hydrogen) atoms. The molecule has 0 aliphatic heterocycles. The molecule has 0 rings (SSSR count). The van der Waals surface area contributed by atoms with Gasteiger partial charge in [0.2, 0.25) is 6.43 Å². The SMILES string of the molecule is CC(C)C(CC(F)F)C(C)O. The van der Waals surface area contributed by atoms with Crippen LogP contribution >= 0.6 is 0 Å². The second-order valence-electron chi connectivity index (χ2n) is 3.28. The van der Waals surface area contributed by atoms with Gasteiger partial charge < -0.3 is 5.11 Å². The fraction of sp³-hybridized carbons (Fsp3) is 1.00. The molecule has 0 saturated carbocycles. The average Bonchev–Trinajstić information content (AvgIpc) is 1.81. The fourth-order valence-corrected chi connectivity index (χ4v) is 1.23. The van der Waals surface area contributed by atoms with Gasteiger partial charge in [-0.3, -0.25) is 0 Å². The van der Waals surface area contributed by atoms with E-state index in [2.05, 4.69) is 0 Å². The highest BCUT2D eigenvalue weighted by atomic mass is 19.3. The molecular weight excluding hydrogens is 150 g/mol. The van der Waals surface area contributed by atoms with Crippen molar-refractivity contribution in [2.24, 2.45) is 11.8 Å². The molecule has 0 radical (unpaired) electrons. The number of hydrogen-bond acceptors (Lipinski definition) is 1. The van der Waals surface area contributed by atoms with Crippen molar-refractivity contribution in [3.63, 3.8) is 0 Å². The molecule has 2 atom stereocenters. The predicted octanol–water partition coefficient (Wildman–Crippen LogP) is 2.29. The first-order chi connectivity index (χ1) is 4.95. The highest BCUT2D eigenvalue weighted by molar-refractivity contribution is 4.69. The summed E-state index contributed by atoms with van der Waals surface area (Å²) in [5.41, 5.74) is 0. The van der Waals surface area contributed by atoms with Crippen LogP contribution in [-0.4, -0.2) is 17.6 Å². The van der Waals surface area contributed by atoms with Crippen LogP contribution in [0, 0.1) is 11.8 Å². The quantitative estimate of drug-likeness (QED) is 0.679. The maximum absolute atomic E-state index is 11.9. The van der Waals surface area contributed by atoms with Crippen LogP contribution in [0.25, 0.3) is 0 Å². The monoisotopic (exact) mass is 166 g/mol. The van der Waals surface area contributed by atoms with Crippen LogP contribution in [0.5, 0.6) is 0 Å². The van der Waals surface area contributed by atoms with Gasteiger partial charge in [0.1, 0.15) is 0 Å². The number of aliphatic hydroxyl groups is 1. The van der Waals surface area contributed by atoms with E-state index in [-0.39, 0.29) is 18.3 Å². The van der Waals surface area contributed by atoms with Gasteiger partial charge in [-0.05, 0) is 18.8 Å². The van der Waals surface area contributed by atoms with E-state index in [4.69, 9.17) is 5.11 Å². The topological polar surface area (TPSA) is 20.2 Å². The molecule has 0 fully saturated rings. The van der Waals surface area contributed by atoms with E-state index in [9.17, 15) is 8.78 Å². The molecule has 0 heterocycles. The lowest BCUT2D eigenvalue weighted by Crippen LogP contribution is -2.24. The first kappa shape index (κ1) is 10.8. The molecule has 0 spiro atoms. The molecule has 0 bridgehead atoms. The van der Waals surface area contributed by atoms with Gasteiger partial charge in [-0.15, -0.1) is 0 Å². The van der Waals surface area contributed by atoms with Gasteiger partial charge in [0.25, 0.3) is 0 Å². The molecule has 1 N–H and O–H groups in total. The Labute approximate surface area is 66.4 Å². The lowest BCUT2D eigenvalue weighted by molar-refractivity contribution is 0.0360. The molecule has 0 aromatic carbocycles. The largest absolute Gasteiger partial charge is 0.393 e. The van der Waals surface area contributed by atoms with E-state index in [0.29, 0.717) is 0 Å². The summed E-state index contributed by atoms with van der Waals surface area (Å²) in [6.07, 6.45) is -3.14. The third-order valence-electron chi connectivity index (χ3n) is 1.93. The van der Waals surface area contributed by atoms with E-state index < -0.39 is 12.5 Å². The van der Waals surface area contributed by atoms with Crippen LogP contribution in [-0.2, 0) is 0 Å². The second-order valence-corrected chi connectivity index (χ2v) is 3.28. The first-order valence-corrected chi connectivity index (χ1v) is 3.91. The van der Waals surface area contributed by atoms with Gasteiger partial charge in [-0.1, -0.05) is 13.8 Å². The summed E-state index contributed by atoms with van der Waals surface area (Å²) >= 11 is 0. The Morgan fingerprint density at radius 3 is 1.73 bits per heavy atom. The Morgan fingerprint density at radius 1 is 1.18 bits per heavy atom. The zero-order chi connectivity index (χ0) is 9.02. The Hall–Kier alpha value is -0.180. The minimum Gasteiger partial charge on any atom is -0.393 e. The number of rotatable bonds is 4. The Balaban J connectivity index is 3.90. The zero-order valence-electron chi connectivity index (χ0n) is 7.22. The molecule has 0 aliphatic rings. The van der Waals surface area contributed by atoms with Gasteiger partial charge >= 0.3 is 0 Å². The van der Waals surface area contributed by atoms with E-state index in [1.54, 1.807) is 6.92 Å². The van der Waals surface area contributed by atoms with E-state index in [1.165, 1.54) is 0 Å². The standard InChI is InChI=1S/C8H16F2O/c1-5(2)7(6(3)11)4-8(9)10/h5-8,11H,4H2,1-3H3. The molecule has 0 aliphatic carbocycles. The smallest absolute Gasteiger partial charge is 0.239 e. The maximum atomic E-state index is 11.9. The summed E-state index contributed by atoms with van der Waals surface area (Å²) < 4.78 is 23.8. The van der Waals surface area contributed by atoms with Crippen molar-refractivity contribution in [2.45, 2.75) is 39.7 Å². The first-order valence-electron chi connectivity index (χ1n) is 3.91. The summed E-state index contributed by atoms with van der Waals surface area (Å²) in [5.74, 6) is -0.168. The van der Waals surface area contributed by atoms with E-state index in [0.717, 1.165) is 0 Å². The fourth-order valence-electron chi connectivity index (χ4n) is 1.23. The third-order valence-corrected chi connectivity index (χ3v) is 1.93. The van der Waals surface area contributed by atoms with Crippen LogP contribution in [0.15, 0.2) is 0 Å². The lowest BCUT2D eigenvalue weighted by atomic mass is 9.88. The molecule has 0 aromatic heterocycles. The zero-order valence-corrected chi connectivity index (χ0v) is 7.22. The summed E-state index contributed by atoms with van der Waals surface area (Å²) in [6, 6.07) is 0. The number of alkyl halides is 2. The molecule has 68 valence electrons. The van der Waals surface area contributed by atoms with Gasteiger partial charge in [0.05, 0.1) is 6.10 Å².